The number of aromatic nitrogens is 4. The van der Waals surface area contributed by atoms with E-state index in [2.05, 4.69) is 58.2 Å². The monoisotopic (exact) mass is 1060 g/mol. The van der Waals surface area contributed by atoms with Crippen LogP contribution < -0.4 is 11.1 Å². The number of aromatic amines is 2. The molecule has 4 heterocycles. The number of nitrogens with two attached hydrogens (primary N) is 1. The van der Waals surface area contributed by atoms with E-state index in [1.54, 1.807) is 18.9 Å². The number of hydrogen-bond acceptors (Lipinski definition) is 14. The Balaban J connectivity index is 1.10. The van der Waals surface area contributed by atoms with Gasteiger partial charge in [0.05, 0.1) is 48.9 Å². The van der Waals surface area contributed by atoms with Gasteiger partial charge in [-0.05, 0) is 130 Å². The molecule has 2 aromatic rings. The molecule has 12 rings (SSSR count). The maximum atomic E-state index is 15.3. The molecule has 3 spiro atoms. The van der Waals surface area contributed by atoms with Crippen molar-refractivity contribution in [2.24, 2.45) is 84.6 Å². The van der Waals surface area contributed by atoms with E-state index in [9.17, 15) is 45.6 Å². The Morgan fingerprint density at radius 1 is 0.908 bits per heavy atom. The highest BCUT2D eigenvalue weighted by atomic mass is 16.7. The quantitative estimate of drug-likeness (QED) is 0.0768. The number of carbonyl (C=O) groups is 2. The van der Waals surface area contributed by atoms with Gasteiger partial charge in [-0.3, -0.25) is 9.59 Å². The minimum absolute atomic E-state index is 0.0165. The number of aliphatic carboxylic acids is 1. The summed E-state index contributed by atoms with van der Waals surface area (Å²) >= 11 is 0. The van der Waals surface area contributed by atoms with Crippen LogP contribution in [0.15, 0.2) is 48.3 Å². The molecule has 2 aliphatic heterocycles. The van der Waals surface area contributed by atoms with Crippen molar-refractivity contribution in [3.05, 3.63) is 59.7 Å². The lowest BCUT2D eigenvalue weighted by Crippen LogP contribution is -2.80. The van der Waals surface area contributed by atoms with Gasteiger partial charge in [0, 0.05) is 70.4 Å². The van der Waals surface area contributed by atoms with E-state index >= 15 is 4.79 Å². The Morgan fingerprint density at radius 3 is 2.33 bits per heavy atom. The van der Waals surface area contributed by atoms with Gasteiger partial charge in [0.1, 0.15) is 24.5 Å². The standard InChI is InChI=1S/C58H84N6O12/c1-51(26-65)17-18-56(50(73)74)21-31(19-32-23-60-28-62-32)57-15-9-30-20-34(41-43(64-49(72)55(41)12-5-6-13-55)33(7-8-40(59)68)37-24-61-29-63-37)42-45(70)47(76-48-46(71)44(69)38(67)25-75-48)52(2,27-66)39-11-14-53(57,3)58(30,54(39,42)4)16-10-35(57)36(56)22-51/h10,20,23-24,28-29,31,33-34,36,38-48,65-71H,5-9,11-19,21-22,25-27,59H2,1-4H3,(H,60,62)(H,61,63)(H,64,72)(H,73,74). The lowest BCUT2D eigenvalue weighted by Gasteiger charge is -2.83. The largest absolute Gasteiger partial charge is 0.481 e. The summed E-state index contributed by atoms with van der Waals surface area (Å²) in [6.45, 7) is 8.20. The number of aliphatic hydroxyl groups excluding tert-OH is 7. The zero-order valence-corrected chi connectivity index (χ0v) is 44.7. The number of aliphatic hydroxyl groups is 7. The van der Waals surface area contributed by atoms with Crippen molar-refractivity contribution in [3.8, 4) is 0 Å². The van der Waals surface area contributed by atoms with Crippen LogP contribution in [0, 0.1) is 78.8 Å². The number of rotatable bonds is 13. The highest BCUT2D eigenvalue weighted by Gasteiger charge is 2.84. The molecule has 13 N–H and O–H groups in total. The minimum atomic E-state index is -1.66. The molecule has 1 amide bonds. The number of H-pyrrole nitrogens is 2. The molecule has 10 aliphatic rings. The number of amides is 1. The summed E-state index contributed by atoms with van der Waals surface area (Å²) in [5.41, 5.74) is 4.31. The Kier molecular flexibility index (Phi) is 12.7. The second-order valence-electron chi connectivity index (χ2n) is 27.2. The molecule has 0 radical (unpaired) electrons. The average molecular weight is 1060 g/mol. The molecule has 2 saturated heterocycles. The van der Waals surface area contributed by atoms with E-state index in [-0.39, 0.29) is 61.7 Å². The Bertz CT molecular complexity index is 2610. The summed E-state index contributed by atoms with van der Waals surface area (Å²) in [7, 11) is 0. The van der Waals surface area contributed by atoms with Gasteiger partial charge in [-0.25, -0.2) is 9.97 Å². The van der Waals surface area contributed by atoms with Gasteiger partial charge in [0.2, 0.25) is 5.91 Å². The smallest absolute Gasteiger partial charge is 0.310 e. The number of hydrogen-bond donors (Lipinski definition) is 12. The average Bonchev–Trinajstić information content (AvgIpc) is 3.93. The summed E-state index contributed by atoms with van der Waals surface area (Å²) in [6, 6.07) is -0.475. The van der Waals surface area contributed by atoms with Gasteiger partial charge in [0.15, 0.2) is 6.29 Å². The van der Waals surface area contributed by atoms with Gasteiger partial charge >= 0.3 is 5.97 Å². The van der Waals surface area contributed by atoms with Crippen molar-refractivity contribution >= 4 is 11.9 Å². The predicted molar refractivity (Wildman–Crippen MR) is 275 cm³/mol. The van der Waals surface area contributed by atoms with E-state index in [0.29, 0.717) is 77.0 Å². The molecule has 418 valence electrons. The van der Waals surface area contributed by atoms with Crippen LogP contribution in [0.2, 0.25) is 0 Å². The van der Waals surface area contributed by atoms with E-state index < -0.39 is 110 Å². The number of nitrogens with zero attached hydrogens (tertiary/aromatic N) is 2. The first-order chi connectivity index (χ1) is 36.2. The Hall–Kier alpha value is -3.56. The van der Waals surface area contributed by atoms with Crippen molar-refractivity contribution in [1.29, 1.82) is 0 Å². The Morgan fingerprint density at radius 2 is 1.66 bits per heavy atom. The maximum Gasteiger partial charge on any atom is 0.310 e. The molecule has 2 aromatic heterocycles. The second-order valence-corrected chi connectivity index (χ2v) is 27.2. The van der Waals surface area contributed by atoms with Crippen molar-refractivity contribution in [1.82, 2.24) is 25.3 Å². The Labute approximate surface area is 445 Å². The molecule has 2 bridgehead atoms. The van der Waals surface area contributed by atoms with Crippen LogP contribution in [0.5, 0.6) is 0 Å². The number of ether oxygens (including phenoxy) is 2. The van der Waals surface area contributed by atoms with Crippen molar-refractivity contribution in [2.75, 3.05) is 19.8 Å². The third kappa shape index (κ3) is 6.80. The molecule has 6 saturated carbocycles. The predicted octanol–water partition coefficient (Wildman–Crippen LogP) is 3.97. The zero-order valence-electron chi connectivity index (χ0n) is 44.7. The molecule has 18 nitrogen and oxygen atoms in total. The summed E-state index contributed by atoms with van der Waals surface area (Å²) in [5, 5.41) is 96.3. The van der Waals surface area contributed by atoms with E-state index in [4.69, 9.17) is 15.2 Å². The molecule has 18 heteroatoms. The van der Waals surface area contributed by atoms with Crippen LogP contribution in [0.3, 0.4) is 0 Å². The zero-order chi connectivity index (χ0) is 53.8. The van der Waals surface area contributed by atoms with Gasteiger partial charge in [0.25, 0.3) is 0 Å². The van der Waals surface area contributed by atoms with Crippen LogP contribution >= 0.6 is 0 Å². The molecule has 8 fully saturated rings. The lowest BCUT2D eigenvalue weighted by molar-refractivity contribution is -0.360. The van der Waals surface area contributed by atoms with Crippen LogP contribution in [-0.4, -0.2) is 142 Å². The van der Waals surface area contributed by atoms with Crippen LogP contribution in [0.4, 0.5) is 0 Å². The van der Waals surface area contributed by atoms with Crippen LogP contribution in [0.1, 0.15) is 141 Å². The van der Waals surface area contributed by atoms with Crippen molar-refractivity contribution in [3.63, 3.8) is 0 Å². The first-order valence-corrected chi connectivity index (χ1v) is 28.7. The SMILES string of the molecule is CC1(CO)CCC2(C(=O)O)CC(Cc3cnc[nH]3)C34CCC5=CC(C6C(C(CCC(N)O)c7cnc[nH]7)NC(=O)C67CCCC7)C6C(O)C(OC7OCC(O)C(O)C7O)C(C)(CO)C7CCC3(C)C5(CC=C4C2C1)C67C. The molecule has 22 atom stereocenters. The van der Waals surface area contributed by atoms with Crippen LogP contribution in [-0.2, 0) is 25.5 Å². The summed E-state index contributed by atoms with van der Waals surface area (Å²) in [5.74, 6) is -3.36. The van der Waals surface area contributed by atoms with Gasteiger partial charge in [-0.1, -0.05) is 63.8 Å². The van der Waals surface area contributed by atoms with Crippen molar-refractivity contribution in [2.45, 2.75) is 185 Å². The summed E-state index contributed by atoms with van der Waals surface area (Å²) in [6.07, 6.45) is 12.0. The fraction of sp³-hybridized carbons (Fsp3) is 0.793. The number of fused-ring (bicyclic) bond motifs is 2. The first kappa shape index (κ1) is 53.1. The summed E-state index contributed by atoms with van der Waals surface area (Å²) in [4.78, 5) is 45.1. The topological polar surface area (TPSA) is 310 Å². The minimum Gasteiger partial charge on any atom is -0.481 e. The van der Waals surface area contributed by atoms with Crippen molar-refractivity contribution < 1.29 is 59.9 Å². The lowest BCUT2D eigenvalue weighted by atomic mass is 9.20. The highest BCUT2D eigenvalue weighted by molar-refractivity contribution is 5.86. The number of allylic oxidation sites excluding steroid dienone is 4. The van der Waals surface area contributed by atoms with E-state index in [1.807, 2.05) is 13.1 Å². The van der Waals surface area contributed by atoms with Gasteiger partial charge < -0.3 is 71.3 Å². The number of nitrogens with one attached hydrogen (secondary N) is 3. The second kappa shape index (κ2) is 18.2. The maximum absolute atomic E-state index is 15.3. The van der Waals surface area contributed by atoms with Gasteiger partial charge in [-0.2, -0.15) is 0 Å². The fourth-order valence-electron chi connectivity index (χ4n) is 21.4. The van der Waals surface area contributed by atoms with Gasteiger partial charge in [-0.15, -0.1) is 0 Å². The molecule has 22 unspecified atom stereocenters. The molecule has 8 aliphatic carbocycles. The number of carbonyl (C=O) groups excluding carboxylic acids is 1. The molecular formula is C58H84N6O12. The number of carboxylic acids is 1. The highest BCUT2D eigenvalue weighted by Crippen LogP contribution is 2.88. The van der Waals surface area contributed by atoms with Crippen LogP contribution in [0.25, 0.3) is 0 Å². The van der Waals surface area contributed by atoms with E-state index in [1.165, 1.54) is 11.1 Å². The molecule has 76 heavy (non-hydrogen) atoms. The summed E-state index contributed by atoms with van der Waals surface area (Å²) < 4.78 is 12.9. The third-order valence-corrected chi connectivity index (χ3v) is 24.5. The molecular weight excluding hydrogens is 973 g/mol. The fourth-order valence-corrected chi connectivity index (χ4v) is 21.4. The first-order valence-electron chi connectivity index (χ1n) is 28.7. The third-order valence-electron chi connectivity index (χ3n) is 24.5. The number of carboxylic acid groups (broad SMARTS) is 1. The number of imidazole rings is 2. The van der Waals surface area contributed by atoms with E-state index in [0.717, 1.165) is 30.7 Å². The normalized spacial score (nSPS) is 48.7. The molecule has 0 aromatic carbocycles.